The first kappa shape index (κ1) is 22.8. The molecule has 1 saturated carbocycles. The van der Waals surface area contributed by atoms with Crippen LogP contribution in [0.25, 0.3) is 11.1 Å². The van der Waals surface area contributed by atoms with Crippen molar-refractivity contribution in [3.63, 3.8) is 0 Å². The number of fused-ring (bicyclic) bond motifs is 3. The van der Waals surface area contributed by atoms with Crippen LogP contribution in [0.15, 0.2) is 48.5 Å². The summed E-state index contributed by atoms with van der Waals surface area (Å²) in [6, 6.07) is 15.6. The minimum Gasteiger partial charge on any atom is -0.480 e. The first-order valence-corrected chi connectivity index (χ1v) is 12.9. The van der Waals surface area contributed by atoms with Crippen molar-refractivity contribution in [3.05, 3.63) is 59.7 Å². The first-order valence-electron chi connectivity index (χ1n) is 11.7. The van der Waals surface area contributed by atoms with Gasteiger partial charge in [-0.1, -0.05) is 55.0 Å². The van der Waals surface area contributed by atoms with Gasteiger partial charge in [0.1, 0.15) is 12.6 Å². The number of carbonyl (C=O) groups excluding carboxylic acids is 2. The standard InChI is InChI=1S/C26H28N2O5S/c29-24(28-15-34-14-23(28)25(30)31)17-11-5-6-16(17)12-27-26(32)33-13-22-20-9-3-1-7-18(20)19-8-2-4-10-21(19)22/h1-4,7-10,16-17,22-23H,5-6,11-15H2,(H,27,32)(H,30,31)/t16-,17-,23?/m1/s1. The molecule has 8 heteroatoms. The van der Waals surface area contributed by atoms with Crippen LogP contribution in [0.5, 0.6) is 0 Å². The van der Waals surface area contributed by atoms with E-state index in [9.17, 15) is 19.5 Å². The Labute approximate surface area is 202 Å². The number of amides is 2. The quantitative estimate of drug-likeness (QED) is 0.651. The number of alkyl carbamates (subject to hydrolysis) is 1. The molecule has 3 aliphatic rings. The van der Waals surface area contributed by atoms with Crippen molar-refractivity contribution in [2.45, 2.75) is 31.2 Å². The number of ether oxygens (including phenoxy) is 1. The van der Waals surface area contributed by atoms with Crippen molar-refractivity contribution in [2.24, 2.45) is 11.8 Å². The van der Waals surface area contributed by atoms with Crippen LogP contribution in [0.2, 0.25) is 0 Å². The smallest absolute Gasteiger partial charge is 0.407 e. The SMILES string of the molecule is O=C(NC[C@H]1CCC[C@H]1C(=O)N1CSCC1C(=O)O)OCC1c2ccccc2-c2ccccc21. The maximum atomic E-state index is 13.1. The van der Waals surface area contributed by atoms with Gasteiger partial charge in [-0.05, 0) is 41.0 Å². The molecule has 178 valence electrons. The lowest BCUT2D eigenvalue weighted by Gasteiger charge is -2.27. The molecule has 0 spiro atoms. The van der Waals surface area contributed by atoms with Crippen molar-refractivity contribution in [2.75, 3.05) is 24.8 Å². The van der Waals surface area contributed by atoms with Gasteiger partial charge in [0.15, 0.2) is 0 Å². The van der Waals surface area contributed by atoms with Crippen molar-refractivity contribution in [3.8, 4) is 11.1 Å². The molecule has 2 aromatic rings. The van der Waals surface area contributed by atoms with Gasteiger partial charge in [0, 0.05) is 24.1 Å². The molecule has 0 bridgehead atoms. The lowest BCUT2D eigenvalue weighted by Crippen LogP contribution is -2.46. The van der Waals surface area contributed by atoms with E-state index in [0.717, 1.165) is 30.4 Å². The number of nitrogens with zero attached hydrogens (tertiary/aromatic N) is 1. The van der Waals surface area contributed by atoms with E-state index < -0.39 is 18.1 Å². The average Bonchev–Trinajstić information content (AvgIpc) is 3.59. The van der Waals surface area contributed by atoms with Crippen LogP contribution in [0.1, 0.15) is 36.3 Å². The number of benzene rings is 2. The van der Waals surface area contributed by atoms with E-state index >= 15 is 0 Å². The second-order valence-electron chi connectivity index (χ2n) is 9.17. The highest BCUT2D eigenvalue weighted by atomic mass is 32.2. The molecule has 2 fully saturated rings. The summed E-state index contributed by atoms with van der Waals surface area (Å²) in [7, 11) is 0. The summed E-state index contributed by atoms with van der Waals surface area (Å²) in [5, 5.41) is 12.3. The number of aliphatic carboxylic acids is 1. The molecular weight excluding hydrogens is 452 g/mol. The van der Waals surface area contributed by atoms with E-state index in [1.54, 1.807) is 0 Å². The van der Waals surface area contributed by atoms with Gasteiger partial charge in [-0.25, -0.2) is 9.59 Å². The molecule has 1 aliphatic heterocycles. The van der Waals surface area contributed by atoms with Crippen molar-refractivity contribution < 1.29 is 24.2 Å². The number of nitrogens with one attached hydrogen (secondary N) is 1. The van der Waals surface area contributed by atoms with E-state index in [1.807, 2.05) is 24.3 Å². The van der Waals surface area contributed by atoms with Gasteiger partial charge in [0.05, 0.1) is 5.88 Å². The van der Waals surface area contributed by atoms with E-state index in [0.29, 0.717) is 18.2 Å². The maximum absolute atomic E-state index is 13.1. The van der Waals surface area contributed by atoms with Gasteiger partial charge in [-0.2, -0.15) is 0 Å². The second kappa shape index (κ2) is 9.70. The lowest BCUT2D eigenvalue weighted by atomic mass is 9.94. The summed E-state index contributed by atoms with van der Waals surface area (Å²) in [6.07, 6.45) is 1.97. The van der Waals surface area contributed by atoms with Crippen LogP contribution in [0.4, 0.5) is 4.79 Å². The van der Waals surface area contributed by atoms with Gasteiger partial charge >= 0.3 is 12.1 Å². The molecule has 1 unspecified atom stereocenters. The maximum Gasteiger partial charge on any atom is 0.407 e. The summed E-state index contributed by atoms with van der Waals surface area (Å²) < 4.78 is 5.62. The third-order valence-corrected chi connectivity index (χ3v) is 8.29. The third-order valence-electron chi connectivity index (χ3n) is 7.28. The minimum absolute atomic E-state index is 0.000393. The van der Waals surface area contributed by atoms with E-state index in [2.05, 4.69) is 29.6 Å². The molecule has 5 rings (SSSR count). The number of carboxylic acid groups (broad SMARTS) is 1. The number of carbonyl (C=O) groups is 3. The predicted octanol–water partition coefficient (Wildman–Crippen LogP) is 3.93. The number of rotatable bonds is 6. The van der Waals surface area contributed by atoms with Gasteiger partial charge < -0.3 is 20.1 Å². The Balaban J connectivity index is 1.17. The molecule has 3 atom stereocenters. The highest BCUT2D eigenvalue weighted by molar-refractivity contribution is 7.99. The number of thioether (sulfide) groups is 1. The molecule has 2 N–H and O–H groups in total. The average molecular weight is 481 g/mol. The van der Waals surface area contributed by atoms with Gasteiger partial charge in [-0.3, -0.25) is 4.79 Å². The molecule has 7 nitrogen and oxygen atoms in total. The molecule has 34 heavy (non-hydrogen) atoms. The highest BCUT2D eigenvalue weighted by Crippen LogP contribution is 2.44. The Morgan fingerprint density at radius 1 is 1.03 bits per heavy atom. The fourth-order valence-electron chi connectivity index (χ4n) is 5.55. The Morgan fingerprint density at radius 3 is 2.38 bits per heavy atom. The fourth-order valence-corrected chi connectivity index (χ4v) is 6.70. The summed E-state index contributed by atoms with van der Waals surface area (Å²) >= 11 is 1.47. The normalized spacial score (nSPS) is 23.4. The Hall–Kier alpha value is -3.00. The zero-order valence-corrected chi connectivity index (χ0v) is 19.6. The van der Waals surface area contributed by atoms with Crippen LogP contribution in [0, 0.1) is 11.8 Å². The summed E-state index contributed by atoms with van der Waals surface area (Å²) in [6.45, 7) is 0.601. The summed E-state index contributed by atoms with van der Waals surface area (Å²) in [4.78, 5) is 38.6. The highest BCUT2D eigenvalue weighted by Gasteiger charge is 2.42. The first-order chi connectivity index (χ1) is 16.5. The lowest BCUT2D eigenvalue weighted by molar-refractivity contribution is -0.149. The van der Waals surface area contributed by atoms with Gasteiger partial charge in [0.25, 0.3) is 0 Å². The largest absolute Gasteiger partial charge is 0.480 e. The molecule has 2 aliphatic carbocycles. The van der Waals surface area contributed by atoms with Gasteiger partial charge in [-0.15, -0.1) is 11.8 Å². The number of hydrogen-bond donors (Lipinski definition) is 2. The molecule has 1 saturated heterocycles. The molecular formula is C26H28N2O5S. The minimum atomic E-state index is -0.954. The Bertz CT molecular complexity index is 1060. The number of carboxylic acids is 1. The molecule has 1 heterocycles. The van der Waals surface area contributed by atoms with Gasteiger partial charge in [0.2, 0.25) is 5.91 Å². The molecule has 0 aromatic heterocycles. The zero-order chi connectivity index (χ0) is 23.7. The van der Waals surface area contributed by atoms with Crippen molar-refractivity contribution >= 4 is 29.7 Å². The molecule has 2 aromatic carbocycles. The van der Waals surface area contributed by atoms with Crippen molar-refractivity contribution in [1.29, 1.82) is 0 Å². The second-order valence-corrected chi connectivity index (χ2v) is 10.2. The Morgan fingerprint density at radius 2 is 1.71 bits per heavy atom. The van der Waals surface area contributed by atoms with Crippen LogP contribution in [-0.2, 0) is 14.3 Å². The molecule has 2 amide bonds. The van der Waals surface area contributed by atoms with E-state index in [4.69, 9.17) is 4.74 Å². The van der Waals surface area contributed by atoms with Crippen LogP contribution in [0.3, 0.4) is 0 Å². The number of hydrogen-bond acceptors (Lipinski definition) is 5. The van der Waals surface area contributed by atoms with E-state index in [1.165, 1.54) is 27.8 Å². The van der Waals surface area contributed by atoms with Crippen LogP contribution in [-0.4, -0.2) is 58.8 Å². The molecule has 0 radical (unpaired) electrons. The fraction of sp³-hybridized carbons (Fsp3) is 0.423. The van der Waals surface area contributed by atoms with Crippen molar-refractivity contribution in [1.82, 2.24) is 10.2 Å². The third kappa shape index (κ3) is 4.27. The monoisotopic (exact) mass is 480 g/mol. The predicted molar refractivity (Wildman–Crippen MR) is 129 cm³/mol. The van der Waals surface area contributed by atoms with Crippen LogP contribution >= 0.6 is 11.8 Å². The summed E-state index contributed by atoms with van der Waals surface area (Å²) in [5.74, 6) is -0.476. The zero-order valence-electron chi connectivity index (χ0n) is 18.8. The summed E-state index contributed by atoms with van der Waals surface area (Å²) in [5.41, 5.74) is 4.68. The van der Waals surface area contributed by atoms with Crippen LogP contribution < -0.4 is 5.32 Å². The topological polar surface area (TPSA) is 95.9 Å². The van der Waals surface area contributed by atoms with E-state index in [-0.39, 0.29) is 30.3 Å². The Kier molecular flexibility index (Phi) is 6.50.